The molecule has 3 amide bonds. The smallest absolute Gasteiger partial charge is 0.324 e. The van der Waals surface area contributed by atoms with Crippen molar-refractivity contribution in [1.82, 2.24) is 10.2 Å². The number of nitrogens with zero attached hydrogens (tertiary/aromatic N) is 1. The van der Waals surface area contributed by atoms with Crippen LogP contribution in [0.25, 0.3) is 0 Å². The number of carbonyl (C=O) groups excluding carboxylic acids is 2. The van der Waals surface area contributed by atoms with Gasteiger partial charge >= 0.3 is 12.0 Å². The van der Waals surface area contributed by atoms with Crippen LogP contribution < -0.4 is 11.1 Å². The minimum absolute atomic E-state index is 0.0398. The molecule has 1 atom stereocenters. The Kier molecular flexibility index (Phi) is 4.56. The van der Waals surface area contributed by atoms with Crippen LogP contribution in [0.3, 0.4) is 0 Å². The van der Waals surface area contributed by atoms with Crippen molar-refractivity contribution in [2.75, 3.05) is 24.6 Å². The lowest BCUT2D eigenvalue weighted by atomic mass is 10.4. The number of carbonyl (C=O) groups is 3. The molecule has 7 nitrogen and oxygen atoms in total. The molecule has 1 heterocycles. The molecule has 1 rings (SSSR count). The Bertz CT molecular complexity index is 294. The number of thioether (sulfide) groups is 1. The standard InChI is InChI=1S/C8H13N3O4S/c9-5(7(13)14)4-16-2-1-11-6(12)3-10-8(11)15/h5H,1-4,9H2,(H,10,15)(H,13,14). The van der Waals surface area contributed by atoms with Crippen molar-refractivity contribution in [3.8, 4) is 0 Å². The second kappa shape index (κ2) is 5.71. The number of aliphatic carboxylic acids is 1. The van der Waals surface area contributed by atoms with Crippen LogP contribution in [0.5, 0.6) is 0 Å². The van der Waals surface area contributed by atoms with E-state index in [1.165, 1.54) is 11.8 Å². The molecule has 4 N–H and O–H groups in total. The van der Waals surface area contributed by atoms with Gasteiger partial charge in [-0.1, -0.05) is 0 Å². The zero-order valence-electron chi connectivity index (χ0n) is 8.51. The summed E-state index contributed by atoms with van der Waals surface area (Å²) in [6.45, 7) is 0.319. The maximum atomic E-state index is 11.1. The van der Waals surface area contributed by atoms with Crippen molar-refractivity contribution in [2.24, 2.45) is 5.73 Å². The van der Waals surface area contributed by atoms with Crippen LogP contribution in [0.2, 0.25) is 0 Å². The molecule has 0 saturated carbocycles. The Balaban J connectivity index is 2.18. The first-order valence-electron chi connectivity index (χ1n) is 4.66. The van der Waals surface area contributed by atoms with Crippen LogP contribution in [0.15, 0.2) is 0 Å². The summed E-state index contributed by atoms with van der Waals surface area (Å²) < 4.78 is 0. The molecule has 0 bridgehead atoms. The first kappa shape index (κ1) is 12.8. The van der Waals surface area contributed by atoms with Crippen molar-refractivity contribution >= 4 is 29.7 Å². The molecule has 1 unspecified atom stereocenters. The molecule has 0 aromatic rings. The number of amides is 3. The number of urea groups is 1. The number of carboxylic acids is 1. The lowest BCUT2D eigenvalue weighted by Crippen LogP contribution is -2.35. The van der Waals surface area contributed by atoms with Gasteiger partial charge < -0.3 is 16.2 Å². The summed E-state index contributed by atoms with van der Waals surface area (Å²) >= 11 is 1.30. The molecule has 0 aliphatic carbocycles. The molecule has 0 radical (unpaired) electrons. The van der Waals surface area contributed by atoms with E-state index in [-0.39, 0.29) is 24.7 Å². The molecular weight excluding hydrogens is 234 g/mol. The summed E-state index contributed by atoms with van der Waals surface area (Å²) in [4.78, 5) is 33.7. The largest absolute Gasteiger partial charge is 0.480 e. The van der Waals surface area contributed by atoms with Crippen molar-refractivity contribution < 1.29 is 19.5 Å². The van der Waals surface area contributed by atoms with E-state index in [4.69, 9.17) is 10.8 Å². The monoisotopic (exact) mass is 247 g/mol. The van der Waals surface area contributed by atoms with Crippen LogP contribution in [-0.2, 0) is 9.59 Å². The molecule has 16 heavy (non-hydrogen) atoms. The number of hydrogen-bond acceptors (Lipinski definition) is 5. The van der Waals surface area contributed by atoms with E-state index in [1.54, 1.807) is 0 Å². The lowest BCUT2D eigenvalue weighted by Gasteiger charge is -2.12. The van der Waals surface area contributed by atoms with Gasteiger partial charge in [-0.2, -0.15) is 11.8 Å². The van der Waals surface area contributed by atoms with E-state index in [0.29, 0.717) is 5.75 Å². The van der Waals surface area contributed by atoms with Crippen LogP contribution in [0.1, 0.15) is 0 Å². The van der Waals surface area contributed by atoms with Crippen molar-refractivity contribution in [1.29, 1.82) is 0 Å². The summed E-state index contributed by atoms with van der Waals surface area (Å²) in [7, 11) is 0. The molecule has 0 aromatic heterocycles. The summed E-state index contributed by atoms with van der Waals surface area (Å²) in [6.07, 6.45) is 0. The van der Waals surface area contributed by atoms with E-state index in [9.17, 15) is 14.4 Å². The second-order valence-corrected chi connectivity index (χ2v) is 4.37. The summed E-state index contributed by atoms with van der Waals surface area (Å²) in [5.74, 6) is -0.560. The van der Waals surface area contributed by atoms with Crippen LogP contribution in [-0.4, -0.2) is 58.6 Å². The minimum Gasteiger partial charge on any atom is -0.480 e. The molecule has 0 aromatic carbocycles. The van der Waals surface area contributed by atoms with Crippen LogP contribution in [0, 0.1) is 0 Å². The van der Waals surface area contributed by atoms with Crippen molar-refractivity contribution in [3.63, 3.8) is 0 Å². The highest BCUT2D eigenvalue weighted by Gasteiger charge is 2.27. The summed E-state index contributed by atoms with van der Waals surface area (Å²) in [5, 5.41) is 10.9. The van der Waals surface area contributed by atoms with Gasteiger partial charge in [0.2, 0.25) is 5.91 Å². The number of hydrogen-bond donors (Lipinski definition) is 3. The highest BCUT2D eigenvalue weighted by Crippen LogP contribution is 2.05. The second-order valence-electron chi connectivity index (χ2n) is 3.22. The third-order valence-electron chi connectivity index (χ3n) is 2.01. The molecule has 1 fully saturated rings. The Hall–Kier alpha value is -1.28. The number of nitrogens with one attached hydrogen (secondary N) is 1. The van der Waals surface area contributed by atoms with Gasteiger partial charge in [0.05, 0.1) is 6.54 Å². The van der Waals surface area contributed by atoms with Gasteiger partial charge in [-0.3, -0.25) is 14.5 Å². The summed E-state index contributed by atoms with van der Waals surface area (Å²) in [5.41, 5.74) is 5.29. The van der Waals surface area contributed by atoms with E-state index >= 15 is 0 Å². The Labute approximate surface area is 96.3 Å². The normalized spacial score (nSPS) is 17.4. The molecule has 1 aliphatic heterocycles. The first-order valence-corrected chi connectivity index (χ1v) is 5.82. The van der Waals surface area contributed by atoms with E-state index in [2.05, 4.69) is 5.32 Å². The molecule has 1 saturated heterocycles. The third kappa shape index (κ3) is 3.38. The predicted octanol–water partition coefficient (Wildman–Crippen LogP) is -1.32. The number of rotatable bonds is 6. The van der Waals surface area contributed by atoms with E-state index in [1.807, 2.05) is 0 Å². The van der Waals surface area contributed by atoms with Crippen molar-refractivity contribution in [2.45, 2.75) is 6.04 Å². The van der Waals surface area contributed by atoms with Gasteiger partial charge in [-0.15, -0.1) is 0 Å². The van der Waals surface area contributed by atoms with Crippen LogP contribution >= 0.6 is 11.8 Å². The van der Waals surface area contributed by atoms with Gasteiger partial charge in [0.15, 0.2) is 0 Å². The maximum Gasteiger partial charge on any atom is 0.324 e. The van der Waals surface area contributed by atoms with Gasteiger partial charge in [0, 0.05) is 18.1 Å². The molecule has 0 spiro atoms. The average molecular weight is 247 g/mol. The lowest BCUT2D eigenvalue weighted by molar-refractivity contribution is -0.138. The van der Waals surface area contributed by atoms with Crippen molar-refractivity contribution in [3.05, 3.63) is 0 Å². The highest BCUT2D eigenvalue weighted by atomic mass is 32.2. The third-order valence-corrected chi connectivity index (χ3v) is 3.08. The van der Waals surface area contributed by atoms with E-state index < -0.39 is 18.0 Å². The van der Waals surface area contributed by atoms with Gasteiger partial charge in [0.1, 0.15) is 6.04 Å². The fraction of sp³-hybridized carbons (Fsp3) is 0.625. The van der Waals surface area contributed by atoms with Crippen LogP contribution in [0.4, 0.5) is 4.79 Å². The molecule has 1 aliphatic rings. The number of carboxylic acid groups (broad SMARTS) is 1. The minimum atomic E-state index is -1.05. The van der Waals surface area contributed by atoms with Gasteiger partial charge in [-0.25, -0.2) is 4.79 Å². The predicted molar refractivity (Wildman–Crippen MR) is 58.0 cm³/mol. The quantitative estimate of drug-likeness (QED) is 0.396. The maximum absolute atomic E-state index is 11.1. The van der Waals surface area contributed by atoms with Gasteiger partial charge in [0.25, 0.3) is 0 Å². The first-order chi connectivity index (χ1) is 7.52. The Morgan fingerprint density at radius 1 is 1.62 bits per heavy atom. The van der Waals surface area contributed by atoms with Gasteiger partial charge in [-0.05, 0) is 0 Å². The zero-order chi connectivity index (χ0) is 12.1. The highest BCUT2D eigenvalue weighted by molar-refractivity contribution is 7.99. The number of imide groups is 1. The molecule has 90 valence electrons. The fourth-order valence-corrected chi connectivity index (χ4v) is 1.99. The SMILES string of the molecule is NC(CSCCN1C(=O)CNC1=O)C(=O)O. The molecular formula is C8H13N3O4S. The average Bonchev–Trinajstić information content (AvgIpc) is 2.54. The zero-order valence-corrected chi connectivity index (χ0v) is 9.33. The Morgan fingerprint density at radius 2 is 2.31 bits per heavy atom. The number of nitrogens with two attached hydrogens (primary N) is 1. The van der Waals surface area contributed by atoms with E-state index in [0.717, 1.165) is 4.90 Å². The molecule has 8 heteroatoms. The fourth-order valence-electron chi connectivity index (χ4n) is 1.12. The topological polar surface area (TPSA) is 113 Å². The Morgan fingerprint density at radius 3 is 2.81 bits per heavy atom. The summed E-state index contributed by atoms with van der Waals surface area (Å²) in [6, 6.07) is -1.30.